The van der Waals surface area contributed by atoms with Crippen molar-refractivity contribution in [3.63, 3.8) is 0 Å². The number of halogens is 1. The molecular formula is C14H10ClN3O3. The van der Waals surface area contributed by atoms with Gasteiger partial charge in [-0.3, -0.25) is 9.36 Å². The zero-order valence-corrected chi connectivity index (χ0v) is 11.7. The van der Waals surface area contributed by atoms with Crippen LogP contribution in [0.3, 0.4) is 0 Å². The molecule has 1 aromatic carbocycles. The summed E-state index contributed by atoms with van der Waals surface area (Å²) >= 11 is 5.85. The summed E-state index contributed by atoms with van der Waals surface area (Å²) in [6, 6.07) is 6.65. The first-order valence-electron chi connectivity index (χ1n) is 6.08. The van der Waals surface area contributed by atoms with E-state index >= 15 is 0 Å². The number of hydrogen-bond donors (Lipinski definition) is 2. The Morgan fingerprint density at radius 2 is 2.00 bits per heavy atom. The van der Waals surface area contributed by atoms with Crippen molar-refractivity contribution in [2.45, 2.75) is 6.92 Å². The third-order valence-corrected chi connectivity index (χ3v) is 3.54. The Kier molecular flexibility index (Phi) is 3.03. The molecule has 0 aliphatic rings. The van der Waals surface area contributed by atoms with E-state index in [1.165, 1.54) is 10.9 Å². The van der Waals surface area contributed by atoms with Gasteiger partial charge in [0.15, 0.2) is 5.65 Å². The molecular weight excluding hydrogens is 294 g/mol. The topological polar surface area (TPSA) is 88.0 Å². The van der Waals surface area contributed by atoms with E-state index in [4.69, 9.17) is 11.6 Å². The Hall–Kier alpha value is -2.60. The Bertz CT molecular complexity index is 910. The van der Waals surface area contributed by atoms with E-state index in [2.05, 4.69) is 9.97 Å². The van der Waals surface area contributed by atoms with Gasteiger partial charge in [0.1, 0.15) is 5.69 Å². The number of carboxylic acid groups (broad SMARTS) is 1. The SMILES string of the molecule is Cc1c(C(=O)O)n(-c2ccc(Cl)cc2)c2nc[nH]c(=O)c12. The quantitative estimate of drug-likeness (QED) is 0.761. The highest BCUT2D eigenvalue weighted by Gasteiger charge is 2.23. The number of nitrogens with zero attached hydrogens (tertiary/aromatic N) is 2. The number of benzene rings is 1. The predicted octanol–water partition coefficient (Wildman–Crippen LogP) is 2.37. The number of fused-ring (bicyclic) bond motifs is 1. The van der Waals surface area contributed by atoms with Crippen molar-refractivity contribution in [2.24, 2.45) is 0 Å². The highest BCUT2D eigenvalue weighted by molar-refractivity contribution is 6.30. The monoisotopic (exact) mass is 303 g/mol. The second kappa shape index (κ2) is 4.75. The number of nitrogens with one attached hydrogen (secondary N) is 1. The van der Waals surface area contributed by atoms with Crippen molar-refractivity contribution < 1.29 is 9.90 Å². The minimum Gasteiger partial charge on any atom is -0.477 e. The molecule has 0 saturated carbocycles. The van der Waals surface area contributed by atoms with E-state index < -0.39 is 5.97 Å². The summed E-state index contributed by atoms with van der Waals surface area (Å²) in [5.74, 6) is -1.13. The molecule has 0 aliphatic heterocycles. The van der Waals surface area contributed by atoms with Crippen LogP contribution in [0.4, 0.5) is 0 Å². The lowest BCUT2D eigenvalue weighted by atomic mass is 10.2. The maximum atomic E-state index is 12.0. The molecule has 0 bridgehead atoms. The molecule has 7 heteroatoms. The molecule has 2 N–H and O–H groups in total. The maximum absolute atomic E-state index is 12.0. The molecule has 0 aliphatic carbocycles. The standard InChI is InChI=1S/C14H10ClN3O3/c1-7-10-12(16-6-17-13(10)19)18(11(7)14(20)21)9-4-2-8(15)3-5-9/h2-6H,1H3,(H,20,21)(H,16,17,19). The van der Waals surface area contributed by atoms with Gasteiger partial charge in [0.2, 0.25) is 0 Å². The Labute approximate surface area is 123 Å². The molecule has 0 unspecified atom stereocenters. The van der Waals surface area contributed by atoms with Crippen LogP contribution >= 0.6 is 11.6 Å². The van der Waals surface area contributed by atoms with E-state index in [9.17, 15) is 14.7 Å². The summed E-state index contributed by atoms with van der Waals surface area (Å²) in [7, 11) is 0. The molecule has 0 atom stereocenters. The van der Waals surface area contributed by atoms with E-state index in [0.717, 1.165) is 0 Å². The first-order valence-corrected chi connectivity index (χ1v) is 6.46. The molecule has 2 aromatic heterocycles. The van der Waals surface area contributed by atoms with E-state index in [1.807, 2.05) is 0 Å². The van der Waals surface area contributed by atoms with Gasteiger partial charge in [-0.25, -0.2) is 9.78 Å². The zero-order chi connectivity index (χ0) is 15.1. The van der Waals surface area contributed by atoms with Crippen LogP contribution in [0.15, 0.2) is 35.4 Å². The fourth-order valence-corrected chi connectivity index (χ4v) is 2.51. The number of aryl methyl sites for hydroxylation is 1. The van der Waals surface area contributed by atoms with Crippen molar-refractivity contribution in [2.75, 3.05) is 0 Å². The Balaban J connectivity index is 2.48. The summed E-state index contributed by atoms with van der Waals surface area (Å²) in [6.45, 7) is 1.59. The van der Waals surface area contributed by atoms with Crippen LogP contribution in [-0.4, -0.2) is 25.6 Å². The minimum absolute atomic E-state index is 0.0107. The number of hydrogen-bond acceptors (Lipinski definition) is 3. The summed E-state index contributed by atoms with van der Waals surface area (Å²) in [5, 5.41) is 10.3. The molecule has 0 radical (unpaired) electrons. The number of aromatic amines is 1. The predicted molar refractivity (Wildman–Crippen MR) is 78.4 cm³/mol. The summed E-state index contributed by atoms with van der Waals surface area (Å²) in [5.41, 5.74) is 0.898. The van der Waals surface area contributed by atoms with Crippen LogP contribution in [0.5, 0.6) is 0 Å². The lowest BCUT2D eigenvalue weighted by Gasteiger charge is -2.07. The van der Waals surface area contributed by atoms with Gasteiger partial charge in [-0.15, -0.1) is 0 Å². The van der Waals surface area contributed by atoms with Gasteiger partial charge in [-0.1, -0.05) is 11.6 Å². The van der Waals surface area contributed by atoms with Gasteiger partial charge in [0.25, 0.3) is 5.56 Å². The molecule has 3 aromatic rings. The fraction of sp³-hybridized carbons (Fsp3) is 0.0714. The van der Waals surface area contributed by atoms with E-state index in [-0.39, 0.29) is 16.6 Å². The van der Waals surface area contributed by atoms with Crippen molar-refractivity contribution in [1.82, 2.24) is 14.5 Å². The smallest absolute Gasteiger partial charge is 0.353 e. The van der Waals surface area contributed by atoms with E-state index in [0.29, 0.717) is 21.9 Å². The lowest BCUT2D eigenvalue weighted by Crippen LogP contribution is -2.08. The minimum atomic E-state index is -1.13. The Morgan fingerprint density at radius 3 is 2.62 bits per heavy atom. The normalized spacial score (nSPS) is 11.0. The number of carbonyl (C=O) groups is 1. The summed E-state index contributed by atoms with van der Waals surface area (Å²) in [6.07, 6.45) is 1.25. The molecule has 0 amide bonds. The molecule has 6 nitrogen and oxygen atoms in total. The van der Waals surface area contributed by atoms with Crippen LogP contribution in [0.1, 0.15) is 16.1 Å². The van der Waals surface area contributed by atoms with Crippen molar-refractivity contribution in [3.8, 4) is 5.69 Å². The van der Waals surface area contributed by atoms with E-state index in [1.54, 1.807) is 31.2 Å². The summed E-state index contributed by atoms with van der Waals surface area (Å²) < 4.78 is 1.44. The third kappa shape index (κ3) is 2.00. The number of carboxylic acids is 1. The average Bonchev–Trinajstić information content (AvgIpc) is 2.74. The summed E-state index contributed by atoms with van der Waals surface area (Å²) in [4.78, 5) is 30.1. The second-order valence-electron chi connectivity index (χ2n) is 4.52. The maximum Gasteiger partial charge on any atom is 0.353 e. The van der Waals surface area contributed by atoms with Crippen LogP contribution in [-0.2, 0) is 0 Å². The molecule has 0 saturated heterocycles. The largest absolute Gasteiger partial charge is 0.477 e. The van der Waals surface area contributed by atoms with Gasteiger partial charge < -0.3 is 10.1 Å². The van der Waals surface area contributed by atoms with Crippen molar-refractivity contribution in [1.29, 1.82) is 0 Å². The molecule has 0 fully saturated rings. The average molecular weight is 304 g/mol. The number of H-pyrrole nitrogens is 1. The molecule has 2 heterocycles. The lowest BCUT2D eigenvalue weighted by molar-refractivity contribution is 0.0688. The molecule has 106 valence electrons. The van der Waals surface area contributed by atoms with Crippen molar-refractivity contribution in [3.05, 3.63) is 57.2 Å². The number of rotatable bonds is 2. The zero-order valence-electron chi connectivity index (χ0n) is 10.9. The van der Waals surface area contributed by atoms with Crippen LogP contribution in [0, 0.1) is 6.92 Å². The second-order valence-corrected chi connectivity index (χ2v) is 4.96. The first kappa shape index (κ1) is 13.4. The first-order chi connectivity index (χ1) is 10.0. The van der Waals surface area contributed by atoms with Gasteiger partial charge in [-0.2, -0.15) is 0 Å². The number of aromatic nitrogens is 3. The molecule has 3 rings (SSSR count). The number of aromatic carboxylic acids is 1. The fourth-order valence-electron chi connectivity index (χ4n) is 2.39. The third-order valence-electron chi connectivity index (χ3n) is 3.29. The Morgan fingerprint density at radius 1 is 1.33 bits per heavy atom. The van der Waals surface area contributed by atoms with Gasteiger partial charge in [0.05, 0.1) is 11.7 Å². The van der Waals surface area contributed by atoms with Crippen LogP contribution in [0.2, 0.25) is 5.02 Å². The van der Waals surface area contributed by atoms with Crippen LogP contribution < -0.4 is 5.56 Å². The van der Waals surface area contributed by atoms with Gasteiger partial charge >= 0.3 is 5.97 Å². The van der Waals surface area contributed by atoms with Crippen LogP contribution in [0.25, 0.3) is 16.7 Å². The molecule has 0 spiro atoms. The highest BCUT2D eigenvalue weighted by atomic mass is 35.5. The highest BCUT2D eigenvalue weighted by Crippen LogP contribution is 2.26. The van der Waals surface area contributed by atoms with Gasteiger partial charge in [-0.05, 0) is 36.8 Å². The molecule has 21 heavy (non-hydrogen) atoms. The van der Waals surface area contributed by atoms with Gasteiger partial charge in [0, 0.05) is 10.7 Å². The van der Waals surface area contributed by atoms with Crippen molar-refractivity contribution >= 4 is 28.6 Å².